The Morgan fingerprint density at radius 1 is 1.42 bits per heavy atom. The third-order valence-electron chi connectivity index (χ3n) is 3.51. The van der Waals surface area contributed by atoms with Crippen LogP contribution in [0.25, 0.3) is 0 Å². The molecule has 0 atom stereocenters. The molecule has 0 aliphatic carbocycles. The standard InChI is InChI=1S/C15H18FNO2/c1-15(2)9-13(18)10-17(15)14(19)7-6-11-4-3-5-12(16)8-11/h3-5,8H,6-7,9-10H2,1-2H3. The van der Waals surface area contributed by atoms with Crippen LogP contribution < -0.4 is 0 Å². The fourth-order valence-corrected chi connectivity index (χ4v) is 2.53. The number of aryl methyl sites for hydroxylation is 1. The monoisotopic (exact) mass is 263 g/mol. The molecule has 0 unspecified atom stereocenters. The maximum absolute atomic E-state index is 13.0. The summed E-state index contributed by atoms with van der Waals surface area (Å²) in [6, 6.07) is 6.26. The number of amides is 1. The predicted octanol–water partition coefficient (Wildman–Crippen LogP) is 2.34. The Bertz CT molecular complexity index is 511. The van der Waals surface area contributed by atoms with Crippen LogP contribution in [0, 0.1) is 5.82 Å². The summed E-state index contributed by atoms with van der Waals surface area (Å²) in [7, 11) is 0. The summed E-state index contributed by atoms with van der Waals surface area (Å²) >= 11 is 0. The lowest BCUT2D eigenvalue weighted by atomic mass is 10.0. The van der Waals surface area contributed by atoms with E-state index in [1.54, 1.807) is 17.0 Å². The normalized spacial score (nSPS) is 17.8. The first-order valence-corrected chi connectivity index (χ1v) is 6.45. The van der Waals surface area contributed by atoms with Gasteiger partial charge in [-0.05, 0) is 38.0 Å². The number of benzene rings is 1. The molecule has 4 heteroatoms. The summed E-state index contributed by atoms with van der Waals surface area (Å²) in [5, 5.41) is 0. The fourth-order valence-electron chi connectivity index (χ4n) is 2.53. The van der Waals surface area contributed by atoms with Crippen molar-refractivity contribution in [2.75, 3.05) is 6.54 Å². The van der Waals surface area contributed by atoms with Crippen molar-refractivity contribution in [3.63, 3.8) is 0 Å². The molecule has 3 nitrogen and oxygen atoms in total. The second kappa shape index (κ2) is 5.11. The highest BCUT2D eigenvalue weighted by molar-refractivity contribution is 5.91. The second-order valence-electron chi connectivity index (χ2n) is 5.64. The quantitative estimate of drug-likeness (QED) is 0.839. The zero-order chi connectivity index (χ0) is 14.0. The van der Waals surface area contributed by atoms with Crippen LogP contribution in [0.2, 0.25) is 0 Å². The summed E-state index contributed by atoms with van der Waals surface area (Å²) in [6.07, 6.45) is 1.22. The zero-order valence-corrected chi connectivity index (χ0v) is 11.3. The number of rotatable bonds is 3. The van der Waals surface area contributed by atoms with Crippen LogP contribution in [0.5, 0.6) is 0 Å². The molecule has 2 rings (SSSR count). The Balaban J connectivity index is 1.97. The molecule has 1 aromatic rings. The Labute approximate surface area is 112 Å². The van der Waals surface area contributed by atoms with Crippen molar-refractivity contribution in [1.29, 1.82) is 0 Å². The molecule has 102 valence electrons. The summed E-state index contributed by atoms with van der Waals surface area (Å²) < 4.78 is 13.0. The van der Waals surface area contributed by atoms with Crippen LogP contribution in [-0.4, -0.2) is 28.7 Å². The second-order valence-corrected chi connectivity index (χ2v) is 5.64. The number of carbonyl (C=O) groups excluding carboxylic acids is 2. The van der Waals surface area contributed by atoms with E-state index in [1.165, 1.54) is 12.1 Å². The minimum Gasteiger partial charge on any atom is -0.330 e. The molecule has 1 fully saturated rings. The summed E-state index contributed by atoms with van der Waals surface area (Å²) in [5.74, 6) is -0.231. The van der Waals surface area contributed by atoms with Crippen LogP contribution in [-0.2, 0) is 16.0 Å². The Hall–Kier alpha value is -1.71. The van der Waals surface area contributed by atoms with Crippen LogP contribution in [0.4, 0.5) is 4.39 Å². The van der Waals surface area contributed by atoms with Crippen LogP contribution in [0.1, 0.15) is 32.3 Å². The molecule has 1 aliphatic heterocycles. The average molecular weight is 263 g/mol. The molecule has 0 bridgehead atoms. The Morgan fingerprint density at radius 2 is 2.16 bits per heavy atom. The van der Waals surface area contributed by atoms with Crippen molar-refractivity contribution in [3.8, 4) is 0 Å². The van der Waals surface area contributed by atoms with E-state index in [1.807, 2.05) is 13.8 Å². The van der Waals surface area contributed by atoms with Crippen molar-refractivity contribution >= 4 is 11.7 Å². The minimum atomic E-state index is -0.393. The molecule has 0 aromatic heterocycles. The van der Waals surface area contributed by atoms with Gasteiger partial charge < -0.3 is 4.90 Å². The van der Waals surface area contributed by atoms with E-state index in [0.717, 1.165) is 5.56 Å². The van der Waals surface area contributed by atoms with E-state index in [9.17, 15) is 14.0 Å². The smallest absolute Gasteiger partial charge is 0.223 e. The Kier molecular flexibility index (Phi) is 3.69. The zero-order valence-electron chi connectivity index (χ0n) is 11.3. The van der Waals surface area contributed by atoms with Crippen molar-refractivity contribution in [1.82, 2.24) is 4.90 Å². The lowest BCUT2D eigenvalue weighted by Gasteiger charge is -2.30. The molecular weight excluding hydrogens is 245 g/mol. The van der Waals surface area contributed by atoms with Gasteiger partial charge in [-0.25, -0.2) is 4.39 Å². The fraction of sp³-hybridized carbons (Fsp3) is 0.467. The maximum Gasteiger partial charge on any atom is 0.223 e. The number of halogens is 1. The lowest BCUT2D eigenvalue weighted by Crippen LogP contribution is -2.42. The van der Waals surface area contributed by atoms with Gasteiger partial charge in [0.1, 0.15) is 5.82 Å². The topological polar surface area (TPSA) is 37.4 Å². The van der Waals surface area contributed by atoms with E-state index in [2.05, 4.69) is 0 Å². The van der Waals surface area contributed by atoms with Gasteiger partial charge in [0.05, 0.1) is 6.54 Å². The van der Waals surface area contributed by atoms with Gasteiger partial charge in [0.2, 0.25) is 5.91 Å². The summed E-state index contributed by atoms with van der Waals surface area (Å²) in [4.78, 5) is 25.2. The number of hydrogen-bond donors (Lipinski definition) is 0. The number of hydrogen-bond acceptors (Lipinski definition) is 2. The molecule has 0 N–H and O–H groups in total. The van der Waals surface area contributed by atoms with Gasteiger partial charge in [0, 0.05) is 18.4 Å². The first-order chi connectivity index (χ1) is 8.88. The van der Waals surface area contributed by atoms with Crippen LogP contribution in [0.15, 0.2) is 24.3 Å². The molecule has 1 heterocycles. The largest absolute Gasteiger partial charge is 0.330 e. The number of carbonyl (C=O) groups is 2. The van der Waals surface area contributed by atoms with E-state index < -0.39 is 5.54 Å². The van der Waals surface area contributed by atoms with E-state index >= 15 is 0 Å². The van der Waals surface area contributed by atoms with E-state index in [0.29, 0.717) is 19.3 Å². The lowest BCUT2D eigenvalue weighted by molar-refractivity contribution is -0.135. The molecule has 1 aromatic carbocycles. The summed E-state index contributed by atoms with van der Waals surface area (Å²) in [5.41, 5.74) is 0.410. The van der Waals surface area contributed by atoms with Gasteiger partial charge >= 0.3 is 0 Å². The molecule has 19 heavy (non-hydrogen) atoms. The Morgan fingerprint density at radius 3 is 2.74 bits per heavy atom. The number of nitrogens with zero attached hydrogens (tertiary/aromatic N) is 1. The van der Waals surface area contributed by atoms with E-state index in [-0.39, 0.29) is 24.1 Å². The first kappa shape index (κ1) is 13.7. The number of Topliss-reactive ketones (excluding diaryl/α,β-unsaturated/α-hetero) is 1. The third kappa shape index (κ3) is 3.19. The average Bonchev–Trinajstić information content (AvgIpc) is 2.59. The highest BCUT2D eigenvalue weighted by Crippen LogP contribution is 2.27. The van der Waals surface area contributed by atoms with Gasteiger partial charge in [-0.3, -0.25) is 9.59 Å². The van der Waals surface area contributed by atoms with Crippen molar-refractivity contribution < 1.29 is 14.0 Å². The van der Waals surface area contributed by atoms with Gasteiger partial charge in [0.25, 0.3) is 0 Å². The third-order valence-corrected chi connectivity index (χ3v) is 3.51. The van der Waals surface area contributed by atoms with Crippen molar-refractivity contribution in [3.05, 3.63) is 35.6 Å². The molecule has 1 amide bonds. The highest BCUT2D eigenvalue weighted by Gasteiger charge is 2.39. The van der Waals surface area contributed by atoms with Crippen molar-refractivity contribution in [2.24, 2.45) is 0 Å². The predicted molar refractivity (Wildman–Crippen MR) is 70.1 cm³/mol. The number of ketones is 1. The molecule has 0 saturated carbocycles. The molecular formula is C15H18FNO2. The van der Waals surface area contributed by atoms with Gasteiger partial charge in [-0.2, -0.15) is 0 Å². The number of likely N-dealkylation sites (tertiary alicyclic amines) is 1. The van der Waals surface area contributed by atoms with Crippen LogP contribution in [0.3, 0.4) is 0 Å². The molecule has 0 spiro atoms. The maximum atomic E-state index is 13.0. The minimum absolute atomic E-state index is 0.0416. The first-order valence-electron chi connectivity index (χ1n) is 6.45. The van der Waals surface area contributed by atoms with Gasteiger partial charge in [-0.1, -0.05) is 12.1 Å². The van der Waals surface area contributed by atoms with Crippen molar-refractivity contribution in [2.45, 2.75) is 38.6 Å². The summed E-state index contributed by atoms with van der Waals surface area (Å²) in [6.45, 7) is 4.00. The highest BCUT2D eigenvalue weighted by atomic mass is 19.1. The molecule has 1 aliphatic rings. The van der Waals surface area contributed by atoms with Gasteiger partial charge in [-0.15, -0.1) is 0 Å². The molecule has 1 saturated heterocycles. The van der Waals surface area contributed by atoms with Gasteiger partial charge in [0.15, 0.2) is 5.78 Å². The molecule has 0 radical (unpaired) electrons. The van der Waals surface area contributed by atoms with Crippen LogP contribution >= 0.6 is 0 Å². The van der Waals surface area contributed by atoms with E-state index in [4.69, 9.17) is 0 Å². The SMILES string of the molecule is CC1(C)CC(=O)CN1C(=O)CCc1cccc(F)c1.